The van der Waals surface area contributed by atoms with E-state index in [9.17, 15) is 22.4 Å². The van der Waals surface area contributed by atoms with Crippen LogP contribution in [-0.2, 0) is 16.0 Å². The first-order chi connectivity index (χ1) is 14.7. The van der Waals surface area contributed by atoms with Crippen molar-refractivity contribution in [2.75, 3.05) is 31.1 Å². The van der Waals surface area contributed by atoms with Crippen molar-refractivity contribution in [2.45, 2.75) is 25.4 Å². The van der Waals surface area contributed by atoms with Gasteiger partial charge in [0.25, 0.3) is 0 Å². The predicted octanol–water partition coefficient (Wildman–Crippen LogP) is 2.92. The molecule has 2 heterocycles. The molecule has 1 aromatic carbocycles. The van der Waals surface area contributed by atoms with Crippen LogP contribution in [0.5, 0.6) is 0 Å². The fourth-order valence-electron chi connectivity index (χ4n) is 2.86. The third-order valence-electron chi connectivity index (χ3n) is 4.48. The van der Waals surface area contributed by atoms with Gasteiger partial charge in [-0.3, -0.25) is 4.79 Å². The molecule has 1 amide bonds. The predicted molar refractivity (Wildman–Crippen MR) is 104 cm³/mol. The largest absolute Gasteiger partial charge is 0.490 e. The Kier molecular flexibility index (Phi) is 8.71. The molecule has 7 nitrogen and oxygen atoms in total. The maximum atomic E-state index is 12.9. The van der Waals surface area contributed by atoms with Crippen LogP contribution in [0.4, 0.5) is 23.5 Å². The highest BCUT2D eigenvalue weighted by Gasteiger charge is 2.38. The maximum absolute atomic E-state index is 12.9. The molecule has 31 heavy (non-hydrogen) atoms. The molecule has 0 aliphatic carbocycles. The van der Waals surface area contributed by atoms with E-state index >= 15 is 0 Å². The number of aromatic nitrogens is 2. The minimum atomic E-state index is -5.08. The molecular formula is C20H22F4N4O3. The second-order valence-electron chi connectivity index (χ2n) is 6.70. The number of carbonyl (C=O) groups excluding carboxylic acids is 1. The average Bonchev–Trinajstić information content (AvgIpc) is 2.75. The van der Waals surface area contributed by atoms with Crippen molar-refractivity contribution in [3.63, 3.8) is 0 Å². The summed E-state index contributed by atoms with van der Waals surface area (Å²) in [7, 11) is 0. The number of benzene rings is 1. The molecule has 0 bridgehead atoms. The number of piperazine rings is 1. The third kappa shape index (κ3) is 8.19. The summed E-state index contributed by atoms with van der Waals surface area (Å²) in [5, 5.41) is 7.12. The lowest BCUT2D eigenvalue weighted by Crippen LogP contribution is -2.49. The molecule has 0 unspecified atom stereocenters. The van der Waals surface area contributed by atoms with Crippen molar-refractivity contribution in [2.24, 2.45) is 0 Å². The minimum Gasteiger partial charge on any atom is -0.475 e. The van der Waals surface area contributed by atoms with Crippen molar-refractivity contribution >= 4 is 17.8 Å². The zero-order valence-electron chi connectivity index (χ0n) is 16.6. The molecule has 168 valence electrons. The van der Waals surface area contributed by atoms with Gasteiger partial charge in [0.1, 0.15) is 5.82 Å². The number of aryl methyl sites for hydroxylation is 1. The normalized spacial score (nSPS) is 13.9. The zero-order chi connectivity index (χ0) is 22.9. The summed E-state index contributed by atoms with van der Waals surface area (Å²) >= 11 is 0. The summed E-state index contributed by atoms with van der Waals surface area (Å²) in [5.41, 5.74) is 1.07. The Bertz CT molecular complexity index is 840. The van der Waals surface area contributed by atoms with Crippen LogP contribution in [-0.4, -0.2) is 64.2 Å². The van der Waals surface area contributed by atoms with Crippen molar-refractivity contribution in [3.05, 3.63) is 54.1 Å². The van der Waals surface area contributed by atoms with E-state index in [2.05, 4.69) is 14.9 Å². The molecule has 3 rings (SSSR count). The van der Waals surface area contributed by atoms with E-state index in [-0.39, 0.29) is 11.7 Å². The second-order valence-corrected chi connectivity index (χ2v) is 6.70. The van der Waals surface area contributed by atoms with Crippen molar-refractivity contribution in [1.29, 1.82) is 0 Å². The lowest BCUT2D eigenvalue weighted by Gasteiger charge is -2.34. The Balaban J connectivity index is 0.000000423. The summed E-state index contributed by atoms with van der Waals surface area (Å²) < 4.78 is 44.6. The number of amides is 1. The summed E-state index contributed by atoms with van der Waals surface area (Å²) in [4.78, 5) is 33.7. The Morgan fingerprint density at radius 2 is 1.55 bits per heavy atom. The first kappa shape index (κ1) is 24.0. The summed E-state index contributed by atoms with van der Waals surface area (Å²) in [6.07, 6.45) is 0.486. The molecule has 1 saturated heterocycles. The fourth-order valence-corrected chi connectivity index (χ4v) is 2.86. The number of carboxylic acid groups (broad SMARTS) is 1. The molecule has 1 aromatic heterocycles. The number of rotatable bonds is 5. The molecule has 2 aromatic rings. The number of hydrogen-bond acceptors (Lipinski definition) is 5. The third-order valence-corrected chi connectivity index (χ3v) is 4.48. The number of carboxylic acids is 1. The van der Waals surface area contributed by atoms with Gasteiger partial charge in [-0.15, -0.1) is 0 Å². The molecule has 1 fully saturated rings. The number of carbonyl (C=O) groups is 2. The van der Waals surface area contributed by atoms with E-state index in [1.165, 1.54) is 12.1 Å². The van der Waals surface area contributed by atoms with E-state index in [1.54, 1.807) is 30.6 Å². The van der Waals surface area contributed by atoms with E-state index in [1.807, 2.05) is 4.90 Å². The van der Waals surface area contributed by atoms with Crippen LogP contribution in [0, 0.1) is 5.82 Å². The van der Waals surface area contributed by atoms with Gasteiger partial charge < -0.3 is 14.9 Å². The topological polar surface area (TPSA) is 86.6 Å². The van der Waals surface area contributed by atoms with Gasteiger partial charge >= 0.3 is 12.1 Å². The van der Waals surface area contributed by atoms with Gasteiger partial charge in [0.2, 0.25) is 11.9 Å². The Labute approximate surface area is 176 Å². The van der Waals surface area contributed by atoms with Gasteiger partial charge in [0.15, 0.2) is 0 Å². The van der Waals surface area contributed by atoms with Gasteiger partial charge in [-0.05, 0) is 36.6 Å². The van der Waals surface area contributed by atoms with Crippen LogP contribution in [0.1, 0.15) is 18.4 Å². The van der Waals surface area contributed by atoms with Gasteiger partial charge in [-0.2, -0.15) is 13.2 Å². The highest BCUT2D eigenvalue weighted by atomic mass is 19.4. The van der Waals surface area contributed by atoms with Gasteiger partial charge in [0, 0.05) is 45.0 Å². The fraction of sp³-hybridized carbons (Fsp3) is 0.400. The number of alkyl halides is 3. The summed E-state index contributed by atoms with van der Waals surface area (Å²) in [6, 6.07) is 8.27. The van der Waals surface area contributed by atoms with Crippen LogP contribution < -0.4 is 4.90 Å². The van der Waals surface area contributed by atoms with E-state index in [0.717, 1.165) is 37.4 Å². The standard InChI is InChI=1S/C18H21FN4O.C2HF3O2/c19-16-7-5-15(6-8-16)3-1-4-17(24)22-11-13-23(14-12-22)18-20-9-2-10-21-18;3-2(4,5)1(6)7/h2,5-10H,1,3-4,11-14H2;(H,6,7). The molecule has 0 saturated carbocycles. The van der Waals surface area contributed by atoms with Crippen molar-refractivity contribution in [1.82, 2.24) is 14.9 Å². The first-order valence-electron chi connectivity index (χ1n) is 9.51. The number of halogens is 4. The van der Waals surface area contributed by atoms with E-state index in [4.69, 9.17) is 9.90 Å². The SMILES string of the molecule is O=C(CCCc1ccc(F)cc1)N1CCN(c2ncccn2)CC1.O=C(O)C(F)(F)F. The molecular weight excluding hydrogens is 420 g/mol. The maximum Gasteiger partial charge on any atom is 0.490 e. The number of aliphatic carboxylic acids is 1. The molecule has 0 radical (unpaired) electrons. The molecule has 1 aliphatic rings. The molecule has 0 spiro atoms. The summed E-state index contributed by atoms with van der Waals surface area (Å²) in [6.45, 7) is 2.92. The molecule has 1 aliphatic heterocycles. The first-order valence-corrected chi connectivity index (χ1v) is 9.51. The Morgan fingerprint density at radius 3 is 2.06 bits per heavy atom. The van der Waals surface area contributed by atoms with Gasteiger partial charge in [-0.25, -0.2) is 19.2 Å². The van der Waals surface area contributed by atoms with Crippen LogP contribution in [0.3, 0.4) is 0 Å². The Morgan fingerprint density at radius 1 is 1.00 bits per heavy atom. The highest BCUT2D eigenvalue weighted by molar-refractivity contribution is 5.76. The highest BCUT2D eigenvalue weighted by Crippen LogP contribution is 2.13. The monoisotopic (exact) mass is 442 g/mol. The second kappa shape index (κ2) is 11.2. The van der Waals surface area contributed by atoms with Crippen molar-refractivity contribution in [3.8, 4) is 0 Å². The lowest BCUT2D eigenvalue weighted by atomic mass is 10.1. The minimum absolute atomic E-state index is 0.186. The van der Waals surface area contributed by atoms with Crippen LogP contribution in [0.2, 0.25) is 0 Å². The Hall–Kier alpha value is -3.24. The smallest absolute Gasteiger partial charge is 0.475 e. The lowest BCUT2D eigenvalue weighted by molar-refractivity contribution is -0.192. The summed E-state index contributed by atoms with van der Waals surface area (Å²) in [5.74, 6) is -2.07. The number of hydrogen-bond donors (Lipinski definition) is 1. The van der Waals surface area contributed by atoms with Crippen LogP contribution in [0.15, 0.2) is 42.7 Å². The molecule has 1 N–H and O–H groups in total. The van der Waals surface area contributed by atoms with Crippen molar-refractivity contribution < 1.29 is 32.3 Å². The van der Waals surface area contributed by atoms with E-state index < -0.39 is 12.1 Å². The quantitative estimate of drug-likeness (QED) is 0.717. The van der Waals surface area contributed by atoms with Gasteiger partial charge in [-0.1, -0.05) is 12.1 Å². The molecule has 11 heteroatoms. The average molecular weight is 442 g/mol. The van der Waals surface area contributed by atoms with Crippen LogP contribution in [0.25, 0.3) is 0 Å². The number of anilines is 1. The molecule has 0 atom stereocenters. The zero-order valence-corrected chi connectivity index (χ0v) is 16.6. The van der Waals surface area contributed by atoms with Gasteiger partial charge in [0.05, 0.1) is 0 Å². The van der Waals surface area contributed by atoms with Crippen LogP contribution >= 0.6 is 0 Å². The van der Waals surface area contributed by atoms with E-state index in [0.29, 0.717) is 19.5 Å². The number of nitrogens with zero attached hydrogens (tertiary/aromatic N) is 4.